The third kappa shape index (κ3) is 4.69. The van der Waals surface area contributed by atoms with Crippen LogP contribution in [0.25, 0.3) is 0 Å². The molecule has 2 unspecified atom stereocenters. The van der Waals surface area contributed by atoms with Gasteiger partial charge in [-0.1, -0.05) is 36.4 Å². The van der Waals surface area contributed by atoms with Gasteiger partial charge in [0.25, 0.3) is 0 Å². The van der Waals surface area contributed by atoms with Gasteiger partial charge in [0.05, 0.1) is 5.56 Å². The molecule has 1 heterocycles. The lowest BCUT2D eigenvalue weighted by Gasteiger charge is -2.38. The molecule has 3 nitrogen and oxygen atoms in total. The number of hydrogen-bond acceptors (Lipinski definition) is 3. The smallest absolute Gasteiger partial charge is 0.416 e. The fourth-order valence-electron chi connectivity index (χ4n) is 2.77. The van der Waals surface area contributed by atoms with Crippen LogP contribution in [0.15, 0.2) is 48.5 Å². The number of hydrogen-bond donors (Lipinski definition) is 0. The Hall–Kier alpha value is -1.90. The van der Waals surface area contributed by atoms with Crippen molar-refractivity contribution in [3.8, 4) is 5.75 Å². The molecule has 0 aromatic heterocycles. The number of rotatable bonds is 6. The van der Waals surface area contributed by atoms with E-state index in [1.807, 2.05) is 0 Å². The second kappa shape index (κ2) is 8.00. The van der Waals surface area contributed by atoms with Gasteiger partial charge in [0.15, 0.2) is 0 Å². The van der Waals surface area contributed by atoms with Crippen LogP contribution in [0.4, 0.5) is 22.0 Å². The molecule has 146 valence electrons. The molecule has 0 spiro atoms. The number of halogens is 6. The molecule has 1 saturated heterocycles. The van der Waals surface area contributed by atoms with Crippen molar-refractivity contribution in [2.75, 3.05) is 6.54 Å². The summed E-state index contributed by atoms with van der Waals surface area (Å²) in [5, 5.41) is 0. The van der Waals surface area contributed by atoms with Crippen molar-refractivity contribution >= 4 is 11.8 Å². The lowest BCUT2D eigenvalue weighted by molar-refractivity contribution is -0.143. The highest BCUT2D eigenvalue weighted by molar-refractivity contribution is 6.13. The van der Waals surface area contributed by atoms with Crippen molar-refractivity contribution in [1.82, 2.24) is 4.42 Å². The monoisotopic (exact) mass is 407 g/mol. The molecule has 1 aliphatic rings. The Balaban J connectivity index is 2.04. The van der Waals surface area contributed by atoms with Gasteiger partial charge in [0.2, 0.25) is 0 Å². The highest BCUT2D eigenvalue weighted by Crippen LogP contribution is 2.41. The van der Waals surface area contributed by atoms with Crippen LogP contribution in [-0.4, -0.2) is 23.8 Å². The molecule has 0 N–H and O–H groups in total. The van der Waals surface area contributed by atoms with Crippen LogP contribution in [0.2, 0.25) is 0 Å². The topological polar surface area (TPSA) is 21.7 Å². The summed E-state index contributed by atoms with van der Waals surface area (Å²) in [5.74, 6) is -0.574. The van der Waals surface area contributed by atoms with E-state index in [4.69, 9.17) is 16.5 Å². The van der Waals surface area contributed by atoms with E-state index in [0.717, 1.165) is 12.1 Å². The molecule has 2 aromatic rings. The average molecular weight is 408 g/mol. The van der Waals surface area contributed by atoms with E-state index in [-0.39, 0.29) is 5.56 Å². The molecule has 2 atom stereocenters. The van der Waals surface area contributed by atoms with Gasteiger partial charge in [0, 0.05) is 13.0 Å². The van der Waals surface area contributed by atoms with E-state index in [2.05, 4.69) is 4.74 Å². The maximum absolute atomic E-state index is 13.6. The normalized spacial score (nSPS) is 19.0. The van der Waals surface area contributed by atoms with Crippen LogP contribution >= 0.6 is 11.8 Å². The number of benzene rings is 2. The molecule has 0 amide bonds. The molecule has 3 rings (SSSR count). The van der Waals surface area contributed by atoms with Gasteiger partial charge in [-0.3, -0.25) is 0 Å². The van der Waals surface area contributed by atoms with Crippen molar-refractivity contribution in [2.24, 2.45) is 0 Å². The summed E-state index contributed by atoms with van der Waals surface area (Å²) in [7, 11) is 0. The summed E-state index contributed by atoms with van der Waals surface area (Å²) in [6, 6.07) is 11.0. The first-order valence-electron chi connectivity index (χ1n) is 8.04. The quantitative estimate of drug-likeness (QED) is 0.459. The standard InChI is InChI=1S/C18H15ClF5NO2/c19-25-9-8-15(25)27-16(11-4-2-1-3-5-11)13-7-6-12(26-17(20)21)10-14(13)18(22,23)24/h1-7,10,15-17H,8-9H2. The summed E-state index contributed by atoms with van der Waals surface area (Å²) in [5.41, 5.74) is -0.815. The van der Waals surface area contributed by atoms with E-state index >= 15 is 0 Å². The Bertz CT molecular complexity index is 772. The summed E-state index contributed by atoms with van der Waals surface area (Å²) >= 11 is 5.93. The van der Waals surface area contributed by atoms with E-state index in [0.29, 0.717) is 24.6 Å². The average Bonchev–Trinajstić information content (AvgIpc) is 2.61. The van der Waals surface area contributed by atoms with Crippen molar-refractivity contribution in [2.45, 2.75) is 31.5 Å². The van der Waals surface area contributed by atoms with Gasteiger partial charge in [-0.25, -0.2) is 0 Å². The summed E-state index contributed by atoms with van der Waals surface area (Å²) in [6.45, 7) is -2.67. The highest BCUT2D eigenvalue weighted by atomic mass is 35.5. The predicted octanol–water partition coefficient (Wildman–Crippen LogP) is 5.60. The Labute approximate surface area is 157 Å². The van der Waals surface area contributed by atoms with Crippen LogP contribution in [0, 0.1) is 0 Å². The van der Waals surface area contributed by atoms with Crippen molar-refractivity contribution in [1.29, 1.82) is 0 Å². The Morgan fingerprint density at radius 3 is 2.30 bits per heavy atom. The zero-order valence-corrected chi connectivity index (χ0v) is 14.6. The summed E-state index contributed by atoms with van der Waals surface area (Å²) in [4.78, 5) is 0. The van der Waals surface area contributed by atoms with Crippen molar-refractivity contribution in [3.05, 3.63) is 65.2 Å². The molecule has 0 saturated carbocycles. The molecule has 0 aliphatic carbocycles. The Morgan fingerprint density at radius 1 is 1.07 bits per heavy atom. The van der Waals surface area contributed by atoms with Crippen LogP contribution in [0.5, 0.6) is 5.75 Å². The van der Waals surface area contributed by atoms with Crippen molar-refractivity contribution in [3.63, 3.8) is 0 Å². The summed E-state index contributed by atoms with van der Waals surface area (Å²) < 4.78 is 76.9. The van der Waals surface area contributed by atoms with Gasteiger partial charge in [-0.15, -0.1) is 0 Å². The second-order valence-corrected chi connectivity index (χ2v) is 6.35. The molecule has 1 fully saturated rings. The SMILES string of the molecule is FC(F)Oc1ccc(C(OC2CCN2Cl)c2ccccc2)c(C(F)(F)F)c1. The first-order chi connectivity index (χ1) is 12.8. The molecule has 27 heavy (non-hydrogen) atoms. The largest absolute Gasteiger partial charge is 0.435 e. The van der Waals surface area contributed by atoms with Crippen LogP contribution in [-0.2, 0) is 10.9 Å². The molecule has 2 aromatic carbocycles. The third-order valence-electron chi connectivity index (χ3n) is 4.14. The number of ether oxygens (including phenoxy) is 2. The predicted molar refractivity (Wildman–Crippen MR) is 88.4 cm³/mol. The Kier molecular flexibility index (Phi) is 5.88. The van der Waals surface area contributed by atoms with Gasteiger partial charge >= 0.3 is 12.8 Å². The van der Waals surface area contributed by atoms with Gasteiger partial charge < -0.3 is 9.47 Å². The molecular formula is C18H15ClF5NO2. The molecule has 1 aliphatic heterocycles. The second-order valence-electron chi connectivity index (χ2n) is 5.92. The van der Waals surface area contributed by atoms with E-state index in [9.17, 15) is 22.0 Å². The van der Waals surface area contributed by atoms with Gasteiger partial charge in [-0.05, 0) is 35.0 Å². The fourth-order valence-corrected chi connectivity index (χ4v) is 3.01. The minimum atomic E-state index is -4.78. The van der Waals surface area contributed by atoms with Crippen molar-refractivity contribution < 1.29 is 31.4 Å². The van der Waals surface area contributed by atoms with Gasteiger partial charge in [-0.2, -0.15) is 26.4 Å². The maximum atomic E-state index is 13.6. The summed E-state index contributed by atoms with van der Waals surface area (Å²) in [6.07, 6.45) is -5.83. The Morgan fingerprint density at radius 2 is 1.78 bits per heavy atom. The minimum absolute atomic E-state index is 0.202. The molecule has 0 bridgehead atoms. The van der Waals surface area contributed by atoms with Crippen LogP contribution < -0.4 is 4.74 Å². The molecule has 0 radical (unpaired) electrons. The lowest BCUT2D eigenvalue weighted by atomic mass is 9.95. The minimum Gasteiger partial charge on any atom is -0.435 e. The zero-order valence-electron chi connectivity index (χ0n) is 13.8. The van der Waals surface area contributed by atoms with Crippen LogP contribution in [0.3, 0.4) is 0 Å². The molecular weight excluding hydrogens is 393 g/mol. The highest BCUT2D eigenvalue weighted by Gasteiger charge is 2.39. The number of nitrogens with zero attached hydrogens (tertiary/aromatic N) is 1. The van der Waals surface area contributed by atoms with E-state index < -0.39 is 36.4 Å². The lowest BCUT2D eigenvalue weighted by Crippen LogP contribution is -2.43. The van der Waals surface area contributed by atoms with Crippen LogP contribution in [0.1, 0.15) is 29.2 Å². The molecule has 9 heteroatoms. The van der Waals surface area contributed by atoms with E-state index in [1.165, 1.54) is 4.42 Å². The van der Waals surface area contributed by atoms with Gasteiger partial charge in [0.1, 0.15) is 18.1 Å². The zero-order chi connectivity index (χ0) is 19.6. The maximum Gasteiger partial charge on any atom is 0.416 e. The third-order valence-corrected chi connectivity index (χ3v) is 4.52. The first kappa shape index (κ1) is 19.9. The fraction of sp³-hybridized carbons (Fsp3) is 0.333. The first-order valence-corrected chi connectivity index (χ1v) is 8.38. The number of alkyl halides is 5. The van der Waals surface area contributed by atoms with E-state index in [1.54, 1.807) is 30.3 Å².